The second-order valence-corrected chi connectivity index (χ2v) is 6.50. The fraction of sp³-hybridized carbons (Fsp3) is 0.300. The van der Waals surface area contributed by atoms with E-state index >= 15 is 0 Å². The molecule has 4 rings (SSSR count). The van der Waals surface area contributed by atoms with E-state index < -0.39 is 11.7 Å². The van der Waals surface area contributed by atoms with Crippen LogP contribution in [0, 0.1) is 0 Å². The first-order chi connectivity index (χ1) is 12.0. The minimum absolute atomic E-state index is 0.330. The Morgan fingerprint density at radius 1 is 1.04 bits per heavy atom. The predicted octanol–water partition coefficient (Wildman–Crippen LogP) is 4.55. The molecule has 0 radical (unpaired) electrons. The molecule has 0 fully saturated rings. The summed E-state index contributed by atoms with van der Waals surface area (Å²) in [6.07, 6.45) is -1.59. The summed E-state index contributed by atoms with van der Waals surface area (Å²) >= 11 is 0. The zero-order chi connectivity index (χ0) is 17.4. The Labute approximate surface area is 144 Å². The van der Waals surface area contributed by atoms with Crippen LogP contribution >= 0.6 is 0 Å². The fourth-order valence-electron chi connectivity index (χ4n) is 3.75. The number of halogens is 3. The molecular formula is C20H19F3N2. The lowest BCUT2D eigenvalue weighted by atomic mass is 9.94. The van der Waals surface area contributed by atoms with Crippen molar-refractivity contribution in [2.75, 3.05) is 6.54 Å². The van der Waals surface area contributed by atoms with Crippen molar-refractivity contribution in [2.24, 2.45) is 0 Å². The summed E-state index contributed by atoms with van der Waals surface area (Å²) in [6, 6.07) is 13.0. The Hall–Kier alpha value is -2.27. The normalized spacial score (nSPS) is 14.7. The third kappa shape index (κ3) is 3.04. The zero-order valence-corrected chi connectivity index (χ0v) is 13.7. The topological polar surface area (TPSA) is 17.0 Å². The summed E-state index contributed by atoms with van der Waals surface area (Å²) in [5, 5.41) is 3.63. The highest BCUT2D eigenvalue weighted by Crippen LogP contribution is 2.40. The Morgan fingerprint density at radius 2 is 1.84 bits per heavy atom. The molecule has 0 unspecified atom stereocenters. The van der Waals surface area contributed by atoms with E-state index in [4.69, 9.17) is 0 Å². The number of hydrogen-bond donors (Lipinski definition) is 1. The fourth-order valence-corrected chi connectivity index (χ4v) is 3.75. The van der Waals surface area contributed by atoms with Gasteiger partial charge < -0.3 is 9.88 Å². The highest BCUT2D eigenvalue weighted by molar-refractivity contribution is 5.88. The molecule has 5 heteroatoms. The Bertz CT molecular complexity index is 895. The van der Waals surface area contributed by atoms with Gasteiger partial charge in [-0.05, 0) is 35.6 Å². The van der Waals surface area contributed by atoms with Gasteiger partial charge in [-0.2, -0.15) is 13.2 Å². The van der Waals surface area contributed by atoms with Crippen LogP contribution < -0.4 is 5.32 Å². The maximum Gasteiger partial charge on any atom is 0.417 e. The quantitative estimate of drug-likeness (QED) is 0.738. The van der Waals surface area contributed by atoms with Gasteiger partial charge >= 0.3 is 6.18 Å². The van der Waals surface area contributed by atoms with Gasteiger partial charge in [0.05, 0.1) is 11.1 Å². The van der Waals surface area contributed by atoms with Crippen LogP contribution in [0.1, 0.15) is 22.3 Å². The predicted molar refractivity (Wildman–Crippen MR) is 92.5 cm³/mol. The van der Waals surface area contributed by atoms with Crippen molar-refractivity contribution in [1.82, 2.24) is 9.88 Å². The zero-order valence-electron chi connectivity index (χ0n) is 13.7. The molecule has 1 aliphatic heterocycles. The second kappa shape index (κ2) is 6.23. The summed E-state index contributed by atoms with van der Waals surface area (Å²) in [5.74, 6) is 0. The molecule has 1 aromatic heterocycles. The Balaban J connectivity index is 1.83. The number of benzene rings is 2. The third-order valence-electron chi connectivity index (χ3n) is 4.86. The molecule has 25 heavy (non-hydrogen) atoms. The van der Waals surface area contributed by atoms with E-state index in [1.54, 1.807) is 18.3 Å². The molecule has 0 amide bonds. The van der Waals surface area contributed by atoms with E-state index in [2.05, 4.69) is 5.32 Å². The average Bonchev–Trinajstić information content (AvgIpc) is 2.88. The molecule has 1 N–H and O–H groups in total. The molecule has 0 atom stereocenters. The molecule has 2 heterocycles. The molecule has 2 nitrogen and oxygen atoms in total. The maximum absolute atomic E-state index is 13.8. The van der Waals surface area contributed by atoms with E-state index in [0.29, 0.717) is 36.9 Å². The highest BCUT2D eigenvalue weighted by Gasteiger charge is 2.36. The van der Waals surface area contributed by atoms with E-state index in [-0.39, 0.29) is 0 Å². The number of alkyl halides is 3. The largest absolute Gasteiger partial charge is 0.417 e. The van der Waals surface area contributed by atoms with Gasteiger partial charge in [0.1, 0.15) is 0 Å². The molecule has 130 valence electrons. The number of nitrogens with zero attached hydrogens (tertiary/aromatic N) is 1. The molecule has 0 aliphatic carbocycles. The molecule has 0 saturated heterocycles. The number of rotatable bonds is 3. The van der Waals surface area contributed by atoms with E-state index in [1.807, 2.05) is 34.9 Å². The van der Waals surface area contributed by atoms with Crippen LogP contribution in [-0.2, 0) is 32.1 Å². The minimum atomic E-state index is -4.35. The first-order valence-corrected chi connectivity index (χ1v) is 8.49. The van der Waals surface area contributed by atoms with Crippen molar-refractivity contribution in [2.45, 2.75) is 32.1 Å². The van der Waals surface area contributed by atoms with Crippen molar-refractivity contribution >= 4 is 10.9 Å². The molecule has 0 saturated carbocycles. The summed E-state index contributed by atoms with van der Waals surface area (Å²) in [7, 11) is 0. The third-order valence-corrected chi connectivity index (χ3v) is 4.86. The standard InChI is InChI=1S/C20H19F3N2/c21-20(22,23)18-15(7-6-14-4-2-1-3-5-14)12-16-13-24-9-11-25-10-8-17(18)19(16)25/h1-5,8,10,12,24H,6-7,9,11,13H2. The van der Waals surface area contributed by atoms with E-state index in [0.717, 1.165) is 23.2 Å². The van der Waals surface area contributed by atoms with Crippen molar-refractivity contribution in [3.8, 4) is 0 Å². The molecule has 0 spiro atoms. The van der Waals surface area contributed by atoms with Crippen LogP contribution in [0.3, 0.4) is 0 Å². The van der Waals surface area contributed by atoms with E-state index in [1.165, 1.54) is 0 Å². The molecular weight excluding hydrogens is 325 g/mol. The second-order valence-electron chi connectivity index (χ2n) is 6.50. The van der Waals surface area contributed by atoms with Crippen LogP contribution in [0.5, 0.6) is 0 Å². The summed E-state index contributed by atoms with van der Waals surface area (Å²) < 4.78 is 43.5. The molecule has 3 aromatic rings. The van der Waals surface area contributed by atoms with Gasteiger partial charge in [-0.3, -0.25) is 0 Å². The van der Waals surface area contributed by atoms with Gasteiger partial charge in [0.25, 0.3) is 0 Å². The van der Waals surface area contributed by atoms with Crippen molar-refractivity contribution in [1.29, 1.82) is 0 Å². The number of aryl methyl sites for hydroxylation is 2. The van der Waals surface area contributed by atoms with E-state index in [9.17, 15) is 13.2 Å². The first kappa shape index (κ1) is 16.2. The van der Waals surface area contributed by atoms with Crippen molar-refractivity contribution in [3.63, 3.8) is 0 Å². The lowest BCUT2D eigenvalue weighted by molar-refractivity contribution is -0.136. The van der Waals surface area contributed by atoms with Crippen molar-refractivity contribution in [3.05, 3.63) is 70.9 Å². The molecule has 0 bridgehead atoms. The Kier molecular flexibility index (Phi) is 4.04. The van der Waals surface area contributed by atoms with Gasteiger partial charge in [0.2, 0.25) is 0 Å². The first-order valence-electron chi connectivity index (χ1n) is 8.49. The van der Waals surface area contributed by atoms with Crippen LogP contribution in [-0.4, -0.2) is 11.1 Å². The van der Waals surface area contributed by atoms with Gasteiger partial charge in [0, 0.05) is 31.2 Å². The number of nitrogens with one attached hydrogen (secondary N) is 1. The Morgan fingerprint density at radius 3 is 2.60 bits per heavy atom. The van der Waals surface area contributed by atoms with Crippen LogP contribution in [0.4, 0.5) is 13.2 Å². The number of hydrogen-bond acceptors (Lipinski definition) is 1. The van der Waals surface area contributed by atoms with Crippen LogP contribution in [0.25, 0.3) is 10.9 Å². The van der Waals surface area contributed by atoms with Gasteiger partial charge in [-0.25, -0.2) is 0 Å². The lowest BCUT2D eigenvalue weighted by Crippen LogP contribution is -2.16. The van der Waals surface area contributed by atoms with Gasteiger partial charge in [0.15, 0.2) is 0 Å². The maximum atomic E-state index is 13.8. The number of aromatic nitrogens is 1. The summed E-state index contributed by atoms with van der Waals surface area (Å²) in [4.78, 5) is 0. The summed E-state index contributed by atoms with van der Waals surface area (Å²) in [5.41, 5.74) is 2.65. The van der Waals surface area contributed by atoms with Crippen molar-refractivity contribution < 1.29 is 13.2 Å². The average molecular weight is 344 g/mol. The highest BCUT2D eigenvalue weighted by atomic mass is 19.4. The summed E-state index contributed by atoms with van der Waals surface area (Å²) in [6.45, 7) is 2.06. The van der Waals surface area contributed by atoms with Crippen LogP contribution in [0.15, 0.2) is 48.7 Å². The minimum Gasteiger partial charge on any atom is -0.346 e. The monoisotopic (exact) mass is 344 g/mol. The van der Waals surface area contributed by atoms with Gasteiger partial charge in [-0.15, -0.1) is 0 Å². The molecule has 2 aromatic carbocycles. The molecule has 1 aliphatic rings. The van der Waals surface area contributed by atoms with Crippen LogP contribution in [0.2, 0.25) is 0 Å². The SMILES string of the molecule is FC(F)(F)c1c(CCc2ccccc2)cc2c3c1ccn3CCNC2. The lowest BCUT2D eigenvalue weighted by Gasteiger charge is -2.17. The van der Waals surface area contributed by atoms with Gasteiger partial charge in [-0.1, -0.05) is 36.4 Å². The smallest absolute Gasteiger partial charge is 0.346 e.